The first-order valence-corrected chi connectivity index (χ1v) is 14.6. The van der Waals surface area contributed by atoms with E-state index in [4.69, 9.17) is 9.72 Å². The van der Waals surface area contributed by atoms with Crippen molar-refractivity contribution >= 4 is 32.2 Å². The molecule has 0 radical (unpaired) electrons. The smallest absolute Gasteiger partial charge is 0.265 e. The molecule has 1 aromatic heterocycles. The van der Waals surface area contributed by atoms with Gasteiger partial charge in [-0.25, -0.2) is 13.4 Å². The number of anilines is 2. The highest BCUT2D eigenvalue weighted by Gasteiger charge is 2.23. The fourth-order valence-corrected chi connectivity index (χ4v) is 6.78. The normalized spacial score (nSPS) is 14.8. The summed E-state index contributed by atoms with van der Waals surface area (Å²) in [7, 11) is -2.38. The van der Waals surface area contributed by atoms with Crippen LogP contribution in [0.4, 0.5) is 10.8 Å². The van der Waals surface area contributed by atoms with Crippen LogP contribution in [0.1, 0.15) is 63.1 Å². The van der Waals surface area contributed by atoms with E-state index in [0.29, 0.717) is 23.3 Å². The summed E-state index contributed by atoms with van der Waals surface area (Å²) in [6, 6.07) is 12.8. The van der Waals surface area contributed by atoms with Crippen molar-refractivity contribution in [2.45, 2.75) is 63.7 Å². The number of aryl methyl sites for hydroxylation is 1. The highest BCUT2D eigenvalue weighted by atomic mass is 32.2. The van der Waals surface area contributed by atoms with Crippen molar-refractivity contribution in [3.05, 3.63) is 53.7 Å². The van der Waals surface area contributed by atoms with Gasteiger partial charge < -0.3 is 10.1 Å². The van der Waals surface area contributed by atoms with Crippen LogP contribution in [0.5, 0.6) is 5.75 Å². The predicted octanol–water partition coefficient (Wildman–Crippen LogP) is 7.04. The van der Waals surface area contributed by atoms with Gasteiger partial charge in [-0.3, -0.25) is 4.72 Å². The van der Waals surface area contributed by atoms with Gasteiger partial charge in [-0.2, -0.15) is 0 Å². The molecule has 1 aliphatic carbocycles. The Balaban J connectivity index is 1.59. The molecule has 1 heterocycles. The van der Waals surface area contributed by atoms with Crippen LogP contribution in [0.3, 0.4) is 0 Å². The molecule has 6 nitrogen and oxygen atoms in total. The molecule has 0 aliphatic heterocycles. The first-order chi connectivity index (χ1) is 16.8. The number of hydrogen-bond donors (Lipinski definition) is 2. The number of sulfonamides is 1. The van der Waals surface area contributed by atoms with Crippen LogP contribution in [-0.2, 0) is 10.0 Å². The second-order valence-corrected chi connectivity index (χ2v) is 12.2. The molecule has 4 rings (SSSR count). The van der Waals surface area contributed by atoms with E-state index in [1.165, 1.54) is 39.2 Å². The second-order valence-electron chi connectivity index (χ2n) is 9.57. The van der Waals surface area contributed by atoms with E-state index in [9.17, 15) is 8.42 Å². The molecular formula is C27H35N3O3S2. The van der Waals surface area contributed by atoms with Gasteiger partial charge in [0.2, 0.25) is 0 Å². The van der Waals surface area contributed by atoms with Crippen molar-refractivity contribution in [1.82, 2.24) is 4.98 Å². The number of methoxy groups -OCH3 is 1. The Morgan fingerprint density at radius 2 is 1.89 bits per heavy atom. The third-order valence-electron chi connectivity index (χ3n) is 6.58. The molecule has 1 fully saturated rings. The number of aromatic nitrogens is 1. The van der Waals surface area contributed by atoms with Crippen LogP contribution >= 0.6 is 11.3 Å². The first kappa shape index (κ1) is 25.5. The lowest BCUT2D eigenvalue weighted by Gasteiger charge is -2.21. The Morgan fingerprint density at radius 1 is 1.11 bits per heavy atom. The Bertz CT molecular complexity index is 1260. The monoisotopic (exact) mass is 513 g/mol. The van der Waals surface area contributed by atoms with Gasteiger partial charge in [-0.05, 0) is 73.1 Å². The molecule has 0 unspecified atom stereocenters. The summed E-state index contributed by atoms with van der Waals surface area (Å²) in [6.45, 7) is 7.06. The average molecular weight is 514 g/mol. The number of benzene rings is 2. The van der Waals surface area contributed by atoms with Crippen LogP contribution < -0.4 is 14.8 Å². The van der Waals surface area contributed by atoms with Gasteiger partial charge in [0.25, 0.3) is 10.0 Å². The van der Waals surface area contributed by atoms with Crippen LogP contribution in [0.15, 0.2) is 47.4 Å². The molecule has 1 saturated carbocycles. The standard InChI is InChI=1S/C27H35N3O3S2/c1-18(2)21-11-8-12-23(15-21)30-35(31,32)25-16-22(13-14-24(25)33-4)26-19(3)29-27(34-26)28-17-20-9-6-5-7-10-20/h8,11-16,18,20,30H,5-7,9-10,17H2,1-4H3,(H,28,29). The van der Waals surface area contributed by atoms with E-state index in [1.54, 1.807) is 29.5 Å². The van der Waals surface area contributed by atoms with Crippen LogP contribution in [-0.4, -0.2) is 27.1 Å². The largest absolute Gasteiger partial charge is 0.495 e. The molecule has 3 aromatic rings. The molecule has 0 bridgehead atoms. The summed E-state index contributed by atoms with van der Waals surface area (Å²) in [4.78, 5) is 5.77. The van der Waals surface area contributed by atoms with Gasteiger partial charge in [0.15, 0.2) is 5.13 Å². The molecule has 0 atom stereocenters. The van der Waals surface area contributed by atoms with Crippen molar-refractivity contribution < 1.29 is 13.2 Å². The zero-order valence-corrected chi connectivity index (χ0v) is 22.6. The van der Waals surface area contributed by atoms with Gasteiger partial charge in [0, 0.05) is 12.2 Å². The number of ether oxygens (including phenoxy) is 1. The fourth-order valence-electron chi connectivity index (χ4n) is 4.56. The van der Waals surface area contributed by atoms with E-state index in [0.717, 1.165) is 33.4 Å². The summed E-state index contributed by atoms with van der Waals surface area (Å²) >= 11 is 1.56. The van der Waals surface area contributed by atoms with Crippen LogP contribution in [0, 0.1) is 12.8 Å². The maximum absolute atomic E-state index is 13.4. The van der Waals surface area contributed by atoms with Crippen molar-refractivity contribution in [3.8, 4) is 16.2 Å². The van der Waals surface area contributed by atoms with Gasteiger partial charge in [0.05, 0.1) is 17.7 Å². The quantitative estimate of drug-likeness (QED) is 0.321. The van der Waals surface area contributed by atoms with E-state index >= 15 is 0 Å². The number of rotatable bonds is 9. The van der Waals surface area contributed by atoms with Crippen molar-refractivity contribution in [1.29, 1.82) is 0 Å². The SMILES string of the molecule is COc1ccc(-c2sc(NCC3CCCCC3)nc2C)cc1S(=O)(=O)Nc1cccc(C(C)C)c1. The second kappa shape index (κ2) is 11.0. The molecule has 2 aromatic carbocycles. The minimum Gasteiger partial charge on any atom is -0.495 e. The molecule has 2 N–H and O–H groups in total. The zero-order valence-electron chi connectivity index (χ0n) is 20.9. The topological polar surface area (TPSA) is 80.3 Å². The summed E-state index contributed by atoms with van der Waals surface area (Å²) < 4.78 is 34.9. The number of hydrogen-bond acceptors (Lipinski definition) is 6. The number of nitrogens with zero attached hydrogens (tertiary/aromatic N) is 1. The van der Waals surface area contributed by atoms with E-state index in [2.05, 4.69) is 23.9 Å². The lowest BCUT2D eigenvalue weighted by Crippen LogP contribution is -2.16. The van der Waals surface area contributed by atoms with Crippen molar-refractivity contribution in [3.63, 3.8) is 0 Å². The van der Waals surface area contributed by atoms with E-state index in [-0.39, 0.29) is 4.90 Å². The van der Waals surface area contributed by atoms with Crippen molar-refractivity contribution in [2.75, 3.05) is 23.7 Å². The zero-order chi connectivity index (χ0) is 25.0. The fraction of sp³-hybridized carbons (Fsp3) is 0.444. The summed E-state index contributed by atoms with van der Waals surface area (Å²) in [6.07, 6.45) is 6.52. The molecule has 1 aliphatic rings. The van der Waals surface area contributed by atoms with Gasteiger partial charge in [-0.15, -0.1) is 0 Å². The molecule has 35 heavy (non-hydrogen) atoms. The van der Waals surface area contributed by atoms with E-state index < -0.39 is 10.0 Å². The van der Waals surface area contributed by atoms with Crippen LogP contribution in [0.2, 0.25) is 0 Å². The van der Waals surface area contributed by atoms with Gasteiger partial charge in [-0.1, -0.05) is 56.6 Å². The molecule has 0 saturated heterocycles. The Kier molecular flexibility index (Phi) is 8.02. The molecule has 188 valence electrons. The van der Waals surface area contributed by atoms with Gasteiger partial charge in [0.1, 0.15) is 10.6 Å². The maximum atomic E-state index is 13.4. The number of nitrogens with one attached hydrogen (secondary N) is 2. The van der Waals surface area contributed by atoms with E-state index in [1.807, 2.05) is 31.2 Å². The summed E-state index contributed by atoms with van der Waals surface area (Å²) in [5.41, 5.74) is 3.29. The minimum absolute atomic E-state index is 0.108. The lowest BCUT2D eigenvalue weighted by molar-refractivity contribution is 0.373. The highest BCUT2D eigenvalue weighted by Crippen LogP contribution is 2.37. The Morgan fingerprint density at radius 3 is 2.60 bits per heavy atom. The molecule has 8 heteroatoms. The van der Waals surface area contributed by atoms with Crippen LogP contribution in [0.25, 0.3) is 10.4 Å². The molecule has 0 spiro atoms. The summed E-state index contributed by atoms with van der Waals surface area (Å²) in [5, 5.41) is 4.39. The minimum atomic E-state index is -3.87. The Labute approximate surface area is 213 Å². The van der Waals surface area contributed by atoms with Gasteiger partial charge >= 0.3 is 0 Å². The summed E-state index contributed by atoms with van der Waals surface area (Å²) in [5.74, 6) is 1.31. The predicted molar refractivity (Wildman–Crippen MR) is 145 cm³/mol. The van der Waals surface area contributed by atoms with Crippen molar-refractivity contribution in [2.24, 2.45) is 5.92 Å². The average Bonchev–Trinajstić information content (AvgIpc) is 3.23. The first-order valence-electron chi connectivity index (χ1n) is 12.3. The lowest BCUT2D eigenvalue weighted by atomic mass is 9.89. The Hall–Kier alpha value is -2.58. The highest BCUT2D eigenvalue weighted by molar-refractivity contribution is 7.92. The third-order valence-corrected chi connectivity index (χ3v) is 9.15. The molecule has 0 amide bonds. The number of thiazole rings is 1. The molecular weight excluding hydrogens is 478 g/mol. The maximum Gasteiger partial charge on any atom is 0.265 e. The third kappa shape index (κ3) is 6.16.